The number of nitrogens with two attached hydrogens (primary N) is 2. The molecule has 248 valence electrons. The second-order valence-electron chi connectivity index (χ2n) is 10.3. The van der Waals surface area contributed by atoms with Crippen molar-refractivity contribution in [3.05, 3.63) is 33.4 Å². The number of nitrogen functional groups attached to an aromatic ring is 2. The van der Waals surface area contributed by atoms with Gasteiger partial charge in [0.2, 0.25) is 11.9 Å². The van der Waals surface area contributed by atoms with E-state index in [2.05, 4.69) is 29.9 Å². The number of nitrogens with zero attached hydrogens (tertiary/aromatic N) is 6. The van der Waals surface area contributed by atoms with Crippen LogP contribution in [-0.2, 0) is 36.7 Å². The summed E-state index contributed by atoms with van der Waals surface area (Å²) >= 11 is 0. The van der Waals surface area contributed by atoms with Gasteiger partial charge in [-0.05, 0) is 0 Å². The molecule has 0 amide bonds. The Kier molecular flexibility index (Phi) is 7.39. The lowest BCUT2D eigenvalue weighted by molar-refractivity contribution is -0.0664. The van der Waals surface area contributed by atoms with E-state index in [-0.39, 0.29) is 34.2 Å². The van der Waals surface area contributed by atoms with E-state index >= 15 is 0 Å². The number of aliphatic hydroxyl groups excluding tert-OH is 2. The molecule has 0 aliphatic carbocycles. The van der Waals surface area contributed by atoms with Gasteiger partial charge in [0, 0.05) is 0 Å². The third kappa shape index (κ3) is 5.33. The van der Waals surface area contributed by atoms with E-state index in [1.165, 1.54) is 0 Å². The Labute approximate surface area is 253 Å². The number of hydrogen-bond acceptors (Lipinski definition) is 18. The first-order chi connectivity index (χ1) is 21.7. The molecule has 24 nitrogen and oxygen atoms in total. The highest BCUT2D eigenvalue weighted by atomic mass is 31.2. The van der Waals surface area contributed by atoms with Gasteiger partial charge in [-0.2, -0.15) is 9.97 Å². The van der Waals surface area contributed by atoms with Gasteiger partial charge in [-0.15, -0.1) is 0 Å². The van der Waals surface area contributed by atoms with Crippen LogP contribution in [0, 0.1) is 0 Å². The third-order valence-electron chi connectivity index (χ3n) is 7.38. The predicted octanol–water partition coefficient (Wildman–Crippen LogP) is -3.05. The summed E-state index contributed by atoms with van der Waals surface area (Å²) in [6, 6.07) is 0. The number of nitrogens with one attached hydrogen (secondary N) is 2. The summed E-state index contributed by atoms with van der Waals surface area (Å²) in [6.07, 6.45) is -10.9. The maximum atomic E-state index is 13.1. The minimum absolute atomic E-state index is 0.121. The van der Waals surface area contributed by atoms with Crippen molar-refractivity contribution in [2.75, 3.05) is 24.7 Å². The summed E-state index contributed by atoms with van der Waals surface area (Å²) < 4.78 is 60.5. The number of anilines is 2. The first kappa shape index (κ1) is 31.0. The molecule has 7 rings (SSSR count). The lowest BCUT2D eigenvalue weighted by Gasteiger charge is -2.27. The zero-order valence-corrected chi connectivity index (χ0v) is 24.6. The summed E-state index contributed by atoms with van der Waals surface area (Å²) in [4.78, 5) is 65.9. The number of rotatable bonds is 2. The highest BCUT2D eigenvalue weighted by molar-refractivity contribution is 7.47. The molecule has 0 radical (unpaired) electrons. The highest BCUT2D eigenvalue weighted by Gasteiger charge is 2.54. The van der Waals surface area contributed by atoms with E-state index in [1.807, 2.05) is 0 Å². The van der Waals surface area contributed by atoms with Crippen molar-refractivity contribution >= 4 is 49.9 Å². The highest BCUT2D eigenvalue weighted by Crippen LogP contribution is 2.53. The number of H-pyrrole nitrogens is 2. The van der Waals surface area contributed by atoms with E-state index in [9.17, 15) is 38.7 Å². The first-order valence-electron chi connectivity index (χ1n) is 13.1. The fraction of sp³-hybridized carbons (Fsp3) is 0.500. The summed E-state index contributed by atoms with van der Waals surface area (Å²) in [5, 5.41) is 22.2. The van der Waals surface area contributed by atoms with Gasteiger partial charge in [0.05, 0.1) is 25.9 Å². The van der Waals surface area contributed by atoms with Crippen molar-refractivity contribution in [2.24, 2.45) is 0 Å². The smallest absolute Gasteiger partial charge is 0.386 e. The Bertz CT molecular complexity index is 1900. The maximum Gasteiger partial charge on any atom is 0.472 e. The van der Waals surface area contributed by atoms with Crippen LogP contribution in [0.4, 0.5) is 11.9 Å². The molecule has 3 aliphatic rings. The van der Waals surface area contributed by atoms with E-state index < -0.39 is 89.1 Å². The first-order valence-corrected chi connectivity index (χ1v) is 16.1. The second kappa shape index (κ2) is 11.0. The lowest BCUT2D eigenvalue weighted by atomic mass is 10.1. The number of hydrogen-bond donors (Lipinski definition) is 8. The molecule has 3 fully saturated rings. The molecule has 26 heteroatoms. The SMILES string of the molecule is Nc1nc2c(ncn2[C@@H]2O[C@@H]3COP(=O)(O)OC4C(COP(=O)(O)O[C@H]3[C@H]2O)O[C@@H](n2cnc3c(=O)[nH]c(N)nc32)[C@@H]4O)c(=O)[nH]1. The van der Waals surface area contributed by atoms with Crippen LogP contribution in [0.3, 0.4) is 0 Å². The largest absolute Gasteiger partial charge is 0.472 e. The molecule has 0 spiro atoms. The van der Waals surface area contributed by atoms with E-state index in [4.69, 9.17) is 39.0 Å². The number of phosphoric acid groups is 2. The standard InChI is InChI=1S/C20H24N10O14P2/c21-19-25-13-7(15(33)27-19)23-3-29(13)17-9(31)11-5(41-17)1-39-45(35,36)44-12-6(2-40-46(37,38)43-11)42-18(10(12)32)30-4-24-8-14(30)26-20(22)28-16(8)34/h3-6,9-12,17-18,31-32H,1-2H2,(H,35,36)(H,37,38)(H3,21,25,27,33)(H3,22,26,28,34)/t5-,6?,9-,10-,11-,12?,17-,18-/m1/s1. The van der Waals surface area contributed by atoms with Gasteiger partial charge in [-0.1, -0.05) is 0 Å². The van der Waals surface area contributed by atoms with Gasteiger partial charge in [-0.3, -0.25) is 46.8 Å². The molecule has 0 saturated carbocycles. The zero-order valence-electron chi connectivity index (χ0n) is 22.8. The molecule has 4 aromatic rings. The molecule has 0 bridgehead atoms. The van der Waals surface area contributed by atoms with Crippen LogP contribution in [0.15, 0.2) is 22.2 Å². The van der Waals surface area contributed by atoms with Crippen LogP contribution in [0.1, 0.15) is 12.5 Å². The minimum atomic E-state index is -5.10. The quantitative estimate of drug-likeness (QED) is 0.0968. The molecule has 10 atom stereocenters. The second-order valence-corrected chi connectivity index (χ2v) is 13.1. The summed E-state index contributed by atoms with van der Waals surface area (Å²) in [5.74, 6) is -0.561. The number of aromatic nitrogens is 8. The molecule has 7 heterocycles. The van der Waals surface area contributed by atoms with Crippen molar-refractivity contribution < 1.29 is 56.7 Å². The summed E-state index contributed by atoms with van der Waals surface area (Å²) in [7, 11) is -10.2. The number of fused-ring (bicyclic) bond motifs is 4. The summed E-state index contributed by atoms with van der Waals surface area (Å²) in [5.41, 5.74) is 9.28. The molecule has 46 heavy (non-hydrogen) atoms. The maximum absolute atomic E-state index is 13.1. The average molecular weight is 690 g/mol. The summed E-state index contributed by atoms with van der Waals surface area (Å²) in [6.45, 7) is -1.74. The molecule has 10 N–H and O–H groups in total. The molecule has 4 aromatic heterocycles. The number of phosphoric ester groups is 2. The van der Waals surface area contributed by atoms with Crippen molar-refractivity contribution in [1.82, 2.24) is 39.0 Å². The van der Waals surface area contributed by atoms with Crippen LogP contribution in [0.5, 0.6) is 0 Å². The van der Waals surface area contributed by atoms with Crippen LogP contribution in [0.2, 0.25) is 0 Å². The van der Waals surface area contributed by atoms with Crippen LogP contribution < -0.4 is 22.6 Å². The number of aliphatic hydroxyl groups is 2. The number of aromatic amines is 2. The normalized spacial score (nSPS) is 37.1. The van der Waals surface area contributed by atoms with Gasteiger partial charge in [0.15, 0.2) is 34.8 Å². The number of imidazole rings is 2. The number of ether oxygens (including phenoxy) is 2. The topological polar surface area (TPSA) is 350 Å². The monoisotopic (exact) mass is 690 g/mol. The third-order valence-corrected chi connectivity index (χ3v) is 9.35. The van der Waals surface area contributed by atoms with Crippen molar-refractivity contribution in [3.8, 4) is 0 Å². The molecule has 3 saturated heterocycles. The van der Waals surface area contributed by atoms with Gasteiger partial charge in [-0.25, -0.2) is 19.1 Å². The van der Waals surface area contributed by atoms with Crippen LogP contribution >= 0.6 is 15.6 Å². The van der Waals surface area contributed by atoms with Gasteiger partial charge in [0.1, 0.15) is 36.6 Å². The Morgan fingerprint density at radius 3 is 1.54 bits per heavy atom. The molecule has 4 unspecified atom stereocenters. The molecular formula is C20H24N10O14P2. The lowest BCUT2D eigenvalue weighted by Crippen LogP contribution is -2.39. The minimum Gasteiger partial charge on any atom is -0.386 e. The van der Waals surface area contributed by atoms with Gasteiger partial charge >= 0.3 is 15.6 Å². The van der Waals surface area contributed by atoms with Crippen LogP contribution in [0.25, 0.3) is 22.3 Å². The van der Waals surface area contributed by atoms with E-state index in [0.29, 0.717) is 0 Å². The molecule has 0 aromatic carbocycles. The molecule has 3 aliphatic heterocycles. The Hall–Kier alpha value is -3.64. The van der Waals surface area contributed by atoms with Crippen molar-refractivity contribution in [1.29, 1.82) is 0 Å². The van der Waals surface area contributed by atoms with Gasteiger partial charge in [0.25, 0.3) is 11.1 Å². The fourth-order valence-corrected chi connectivity index (χ4v) is 7.32. The van der Waals surface area contributed by atoms with Gasteiger partial charge < -0.3 is 40.9 Å². The van der Waals surface area contributed by atoms with Crippen LogP contribution in [-0.4, -0.2) is 109 Å². The van der Waals surface area contributed by atoms with E-state index in [0.717, 1.165) is 21.8 Å². The Morgan fingerprint density at radius 1 is 0.761 bits per heavy atom. The molecular weight excluding hydrogens is 666 g/mol. The fourth-order valence-electron chi connectivity index (χ4n) is 5.39. The van der Waals surface area contributed by atoms with E-state index in [1.54, 1.807) is 0 Å². The van der Waals surface area contributed by atoms with Crippen molar-refractivity contribution in [3.63, 3.8) is 0 Å². The predicted molar refractivity (Wildman–Crippen MR) is 146 cm³/mol. The Balaban J connectivity index is 1.18. The van der Waals surface area contributed by atoms with Crippen molar-refractivity contribution in [2.45, 2.75) is 49.1 Å². The average Bonchev–Trinajstić information content (AvgIpc) is 3.72. The Morgan fingerprint density at radius 2 is 1.15 bits per heavy atom. The zero-order chi connectivity index (χ0) is 32.7.